The lowest BCUT2D eigenvalue weighted by atomic mass is 10.1. The second-order valence-corrected chi connectivity index (χ2v) is 3.07. The van der Waals surface area contributed by atoms with Gasteiger partial charge in [0.1, 0.15) is 0 Å². The summed E-state index contributed by atoms with van der Waals surface area (Å²) < 4.78 is 8.79. The van der Waals surface area contributed by atoms with Gasteiger partial charge in [-0.15, -0.1) is 4.51 Å². The zero-order chi connectivity index (χ0) is 10.2. The van der Waals surface area contributed by atoms with Gasteiger partial charge in [-0.2, -0.15) is 0 Å². The standard InChI is InChI=1S/C11H14ClNO/c1-2-14-11(13-12)9-8-10-6-4-3-5-7-10/h3-7H,2,8-9H2,1H3/b13-11-. The molecule has 14 heavy (non-hydrogen) atoms. The second kappa shape index (κ2) is 6.44. The Kier molecular flexibility index (Phi) is 5.08. The Labute approximate surface area is 89.7 Å². The van der Waals surface area contributed by atoms with Crippen molar-refractivity contribution >= 4 is 17.7 Å². The Bertz CT molecular complexity index is 285. The van der Waals surface area contributed by atoms with Crippen molar-refractivity contribution in [2.24, 2.45) is 4.51 Å². The molecule has 1 aromatic rings. The molecule has 0 aromatic heterocycles. The summed E-state index contributed by atoms with van der Waals surface area (Å²) in [5.41, 5.74) is 1.27. The highest BCUT2D eigenvalue weighted by atomic mass is 35.5. The maximum absolute atomic E-state index is 5.38. The number of hydrogen-bond acceptors (Lipinski definition) is 2. The van der Waals surface area contributed by atoms with Crippen LogP contribution in [0.1, 0.15) is 18.9 Å². The van der Waals surface area contributed by atoms with Crippen LogP contribution in [-0.2, 0) is 11.2 Å². The first-order chi connectivity index (χ1) is 6.86. The smallest absolute Gasteiger partial charge is 0.201 e. The quantitative estimate of drug-likeness (QED) is 0.554. The Balaban J connectivity index is 2.40. The molecule has 0 radical (unpaired) electrons. The lowest BCUT2D eigenvalue weighted by Gasteiger charge is -2.05. The first kappa shape index (κ1) is 11.1. The fourth-order valence-electron chi connectivity index (χ4n) is 1.20. The molecule has 0 spiro atoms. The summed E-state index contributed by atoms with van der Waals surface area (Å²) in [6.45, 7) is 2.53. The molecule has 0 atom stereocenters. The van der Waals surface area contributed by atoms with Crippen LogP contribution in [0.5, 0.6) is 0 Å². The molecule has 0 aliphatic heterocycles. The summed E-state index contributed by atoms with van der Waals surface area (Å²) in [7, 11) is 0. The van der Waals surface area contributed by atoms with Gasteiger partial charge in [-0.05, 0) is 18.9 Å². The summed E-state index contributed by atoms with van der Waals surface area (Å²) in [5, 5.41) is 0. The van der Waals surface area contributed by atoms with Crippen molar-refractivity contribution in [2.75, 3.05) is 6.61 Å². The van der Waals surface area contributed by atoms with Gasteiger partial charge in [0.2, 0.25) is 5.90 Å². The van der Waals surface area contributed by atoms with Gasteiger partial charge < -0.3 is 4.74 Å². The Hall–Kier alpha value is -1.02. The average Bonchev–Trinajstić information content (AvgIpc) is 2.25. The van der Waals surface area contributed by atoms with Gasteiger partial charge in [-0.1, -0.05) is 30.3 Å². The molecule has 1 aromatic carbocycles. The van der Waals surface area contributed by atoms with Gasteiger partial charge in [0, 0.05) is 18.2 Å². The second-order valence-electron chi connectivity index (χ2n) is 2.90. The van der Waals surface area contributed by atoms with Crippen LogP contribution < -0.4 is 0 Å². The summed E-state index contributed by atoms with van der Waals surface area (Å²) >= 11 is 5.38. The van der Waals surface area contributed by atoms with Gasteiger partial charge in [-0.3, -0.25) is 0 Å². The highest BCUT2D eigenvalue weighted by Crippen LogP contribution is 2.04. The summed E-state index contributed by atoms with van der Waals surface area (Å²) in [5.74, 6) is 0.609. The van der Waals surface area contributed by atoms with Crippen LogP contribution in [0.25, 0.3) is 0 Å². The van der Waals surface area contributed by atoms with Gasteiger partial charge in [0.25, 0.3) is 0 Å². The summed E-state index contributed by atoms with van der Waals surface area (Å²) in [6.07, 6.45) is 1.66. The number of halogens is 1. The molecule has 0 saturated carbocycles. The van der Waals surface area contributed by atoms with E-state index in [0.717, 1.165) is 12.8 Å². The minimum Gasteiger partial charge on any atom is -0.480 e. The lowest BCUT2D eigenvalue weighted by Crippen LogP contribution is -2.05. The Morgan fingerprint density at radius 2 is 2.07 bits per heavy atom. The van der Waals surface area contributed by atoms with Crippen LogP contribution in [0.15, 0.2) is 34.8 Å². The van der Waals surface area contributed by atoms with Crippen molar-refractivity contribution in [2.45, 2.75) is 19.8 Å². The van der Waals surface area contributed by atoms with E-state index >= 15 is 0 Å². The van der Waals surface area contributed by atoms with Gasteiger partial charge >= 0.3 is 0 Å². The van der Waals surface area contributed by atoms with Crippen LogP contribution in [0, 0.1) is 0 Å². The van der Waals surface area contributed by atoms with Crippen molar-refractivity contribution in [3.8, 4) is 0 Å². The van der Waals surface area contributed by atoms with Crippen molar-refractivity contribution in [1.82, 2.24) is 0 Å². The van der Waals surface area contributed by atoms with E-state index in [2.05, 4.69) is 16.6 Å². The van der Waals surface area contributed by atoms with Crippen molar-refractivity contribution in [3.63, 3.8) is 0 Å². The van der Waals surface area contributed by atoms with E-state index in [9.17, 15) is 0 Å². The average molecular weight is 212 g/mol. The molecule has 0 bridgehead atoms. The van der Waals surface area contributed by atoms with E-state index in [1.54, 1.807) is 0 Å². The molecule has 0 heterocycles. The van der Waals surface area contributed by atoms with E-state index in [1.807, 2.05) is 25.1 Å². The zero-order valence-corrected chi connectivity index (χ0v) is 9.00. The Morgan fingerprint density at radius 3 is 2.64 bits per heavy atom. The molecule has 0 saturated heterocycles. The van der Waals surface area contributed by atoms with Gasteiger partial charge in [0.05, 0.1) is 6.61 Å². The van der Waals surface area contributed by atoms with E-state index < -0.39 is 0 Å². The highest BCUT2D eigenvalue weighted by Gasteiger charge is 2.00. The van der Waals surface area contributed by atoms with Crippen LogP contribution in [-0.4, -0.2) is 12.5 Å². The third-order valence-corrected chi connectivity index (χ3v) is 2.06. The van der Waals surface area contributed by atoms with Crippen LogP contribution in [0.2, 0.25) is 0 Å². The van der Waals surface area contributed by atoms with Crippen LogP contribution in [0.4, 0.5) is 0 Å². The molecule has 0 fully saturated rings. The van der Waals surface area contributed by atoms with Crippen LogP contribution >= 0.6 is 11.8 Å². The van der Waals surface area contributed by atoms with Gasteiger partial charge in [0.15, 0.2) is 0 Å². The first-order valence-electron chi connectivity index (χ1n) is 4.71. The molecular formula is C11H14ClNO. The SMILES string of the molecule is CCO/C(CCc1ccccc1)=N\Cl. The van der Waals surface area contributed by atoms with E-state index in [4.69, 9.17) is 16.5 Å². The third-order valence-electron chi connectivity index (χ3n) is 1.88. The van der Waals surface area contributed by atoms with Crippen LogP contribution in [0.3, 0.4) is 0 Å². The molecule has 0 aliphatic rings. The molecule has 2 nitrogen and oxygen atoms in total. The van der Waals surface area contributed by atoms with E-state index in [1.165, 1.54) is 5.56 Å². The molecule has 0 unspecified atom stereocenters. The molecule has 0 N–H and O–H groups in total. The minimum absolute atomic E-state index is 0.609. The fourth-order valence-corrected chi connectivity index (χ4v) is 1.33. The fraction of sp³-hybridized carbons (Fsp3) is 0.364. The maximum atomic E-state index is 5.38. The molecule has 0 aliphatic carbocycles. The third kappa shape index (κ3) is 3.79. The maximum Gasteiger partial charge on any atom is 0.201 e. The Morgan fingerprint density at radius 1 is 1.36 bits per heavy atom. The predicted molar refractivity (Wildman–Crippen MR) is 59.7 cm³/mol. The topological polar surface area (TPSA) is 21.6 Å². The van der Waals surface area contributed by atoms with Gasteiger partial charge in [-0.25, -0.2) is 0 Å². The predicted octanol–water partition coefficient (Wildman–Crippen LogP) is 3.21. The van der Waals surface area contributed by atoms with E-state index in [-0.39, 0.29) is 0 Å². The molecule has 0 amide bonds. The van der Waals surface area contributed by atoms with Crippen molar-refractivity contribution < 1.29 is 4.74 Å². The van der Waals surface area contributed by atoms with E-state index in [0.29, 0.717) is 12.5 Å². The molecule has 76 valence electrons. The van der Waals surface area contributed by atoms with Crippen molar-refractivity contribution in [1.29, 1.82) is 0 Å². The number of rotatable bonds is 4. The number of benzene rings is 1. The largest absolute Gasteiger partial charge is 0.480 e. The van der Waals surface area contributed by atoms with Crippen molar-refractivity contribution in [3.05, 3.63) is 35.9 Å². The monoisotopic (exact) mass is 211 g/mol. The highest BCUT2D eigenvalue weighted by molar-refractivity contribution is 6.19. The molecular weight excluding hydrogens is 198 g/mol. The first-order valence-corrected chi connectivity index (χ1v) is 5.05. The summed E-state index contributed by atoms with van der Waals surface area (Å²) in [6, 6.07) is 10.2. The molecule has 3 heteroatoms. The lowest BCUT2D eigenvalue weighted by molar-refractivity contribution is 0.318. The minimum atomic E-state index is 0.609. The summed E-state index contributed by atoms with van der Waals surface area (Å²) in [4.78, 5) is 0. The normalized spacial score (nSPS) is 11.4. The number of hydrogen-bond donors (Lipinski definition) is 0. The number of aryl methyl sites for hydroxylation is 1. The number of nitrogens with zero attached hydrogens (tertiary/aromatic N) is 1. The molecule has 1 rings (SSSR count). The zero-order valence-electron chi connectivity index (χ0n) is 8.24. The number of ether oxygens (including phenoxy) is 1.